The quantitative estimate of drug-likeness (QED) is 0.143. The maximum atomic E-state index is 11.5. The summed E-state index contributed by atoms with van der Waals surface area (Å²) in [7, 11) is 0. The lowest BCUT2D eigenvalue weighted by Crippen LogP contribution is -2.14. The third-order valence-corrected chi connectivity index (χ3v) is 5.97. The minimum atomic E-state index is -1.18. The van der Waals surface area contributed by atoms with Gasteiger partial charge in [-0.25, -0.2) is 9.59 Å². The number of esters is 2. The summed E-state index contributed by atoms with van der Waals surface area (Å²) in [6.07, 6.45) is 11.3. The summed E-state index contributed by atoms with van der Waals surface area (Å²) in [5.74, 6) is -2.65. The highest BCUT2D eigenvalue weighted by Crippen LogP contribution is 2.24. The lowest BCUT2D eigenvalue weighted by Gasteiger charge is -2.14. The van der Waals surface area contributed by atoms with E-state index in [1.54, 1.807) is 6.07 Å². The van der Waals surface area contributed by atoms with Crippen LogP contribution in [0, 0.1) is 0 Å². The fourth-order valence-corrected chi connectivity index (χ4v) is 3.70. The number of ether oxygens (including phenoxy) is 2. The number of hydrogen-bond donors (Lipinski definition) is 2. The van der Waals surface area contributed by atoms with Crippen molar-refractivity contribution < 1.29 is 38.9 Å². The van der Waals surface area contributed by atoms with Crippen LogP contribution in [0.3, 0.4) is 0 Å². The molecule has 0 aromatic heterocycles. The minimum Gasteiger partial charge on any atom is -0.478 e. The molecule has 8 nitrogen and oxygen atoms in total. The standard InChI is InChI=1S/C16H22O4.C14H26O4/c1-3-5-7-11-9-10-13(15(17)18)14(16(19)20)12(11)8-6-4-2;1-3-5-11-17-13(15)9-7-8-10-14(16)18-12-6-4-2/h9-10H,3-8H2,1-2H3,(H,17,18)(H,19,20);3-12H2,1-2H3. The molecule has 0 spiro atoms. The largest absolute Gasteiger partial charge is 0.478 e. The number of aryl methyl sites for hydroxylation is 1. The number of benzene rings is 1. The summed E-state index contributed by atoms with van der Waals surface area (Å²) < 4.78 is 10.0. The van der Waals surface area contributed by atoms with Crippen LogP contribution in [0.5, 0.6) is 0 Å². The zero-order valence-corrected chi connectivity index (χ0v) is 23.8. The molecule has 0 aliphatic heterocycles. The highest BCUT2D eigenvalue weighted by atomic mass is 16.5. The number of carboxylic acid groups (broad SMARTS) is 2. The molecule has 216 valence electrons. The zero-order chi connectivity index (χ0) is 28.8. The molecule has 0 aliphatic rings. The van der Waals surface area contributed by atoms with Crippen LogP contribution in [0.25, 0.3) is 0 Å². The van der Waals surface area contributed by atoms with E-state index in [4.69, 9.17) is 14.6 Å². The van der Waals surface area contributed by atoms with Crippen LogP contribution in [-0.2, 0) is 31.9 Å². The van der Waals surface area contributed by atoms with Crippen molar-refractivity contribution in [1.82, 2.24) is 0 Å². The van der Waals surface area contributed by atoms with Gasteiger partial charge in [0.15, 0.2) is 0 Å². The Morgan fingerprint density at radius 2 is 1.11 bits per heavy atom. The molecule has 0 radical (unpaired) electrons. The van der Waals surface area contributed by atoms with Gasteiger partial charge < -0.3 is 19.7 Å². The van der Waals surface area contributed by atoms with Crippen LogP contribution in [0.2, 0.25) is 0 Å². The number of rotatable bonds is 19. The predicted molar refractivity (Wildman–Crippen MR) is 148 cm³/mol. The van der Waals surface area contributed by atoms with Crippen LogP contribution in [0.15, 0.2) is 12.1 Å². The first-order chi connectivity index (χ1) is 18.2. The third kappa shape index (κ3) is 15.4. The van der Waals surface area contributed by atoms with E-state index in [1.165, 1.54) is 6.07 Å². The Hall–Kier alpha value is -2.90. The third-order valence-electron chi connectivity index (χ3n) is 5.97. The number of carbonyl (C=O) groups excluding carboxylic acids is 2. The lowest BCUT2D eigenvalue weighted by atomic mass is 9.90. The molecule has 0 unspecified atom stereocenters. The summed E-state index contributed by atoms with van der Waals surface area (Å²) in [6.45, 7) is 9.24. The summed E-state index contributed by atoms with van der Waals surface area (Å²) >= 11 is 0. The van der Waals surface area contributed by atoms with E-state index in [1.807, 2.05) is 6.92 Å². The fourth-order valence-electron chi connectivity index (χ4n) is 3.70. The zero-order valence-electron chi connectivity index (χ0n) is 23.8. The Morgan fingerprint density at radius 1 is 0.632 bits per heavy atom. The second-order valence-corrected chi connectivity index (χ2v) is 9.30. The second kappa shape index (κ2) is 22.1. The maximum Gasteiger partial charge on any atom is 0.336 e. The Kier molecular flexibility index (Phi) is 20.4. The first-order valence-corrected chi connectivity index (χ1v) is 14.2. The number of hydrogen-bond acceptors (Lipinski definition) is 6. The Morgan fingerprint density at radius 3 is 1.53 bits per heavy atom. The minimum absolute atomic E-state index is 0.0282. The van der Waals surface area contributed by atoms with Crippen molar-refractivity contribution in [3.63, 3.8) is 0 Å². The molecule has 1 aromatic carbocycles. The van der Waals surface area contributed by atoms with E-state index in [-0.39, 0.29) is 23.1 Å². The average Bonchev–Trinajstić information content (AvgIpc) is 2.89. The molecular weight excluding hydrogens is 488 g/mol. The molecule has 0 amide bonds. The predicted octanol–water partition coefficient (Wildman–Crippen LogP) is 7.00. The Bertz CT molecular complexity index is 823. The number of aromatic carboxylic acids is 2. The SMILES string of the molecule is CCCCOC(=O)CCCCC(=O)OCCCC.CCCCc1ccc(C(=O)O)c(C(=O)O)c1CCCC. The maximum absolute atomic E-state index is 11.5. The normalized spacial score (nSPS) is 10.3. The van der Waals surface area contributed by atoms with Crippen LogP contribution < -0.4 is 0 Å². The van der Waals surface area contributed by atoms with Crippen molar-refractivity contribution in [3.05, 3.63) is 34.4 Å². The van der Waals surface area contributed by atoms with Crippen LogP contribution >= 0.6 is 0 Å². The van der Waals surface area contributed by atoms with E-state index in [0.29, 0.717) is 50.9 Å². The first kappa shape index (κ1) is 35.1. The lowest BCUT2D eigenvalue weighted by molar-refractivity contribution is -0.146. The van der Waals surface area contributed by atoms with Gasteiger partial charge in [0, 0.05) is 12.8 Å². The van der Waals surface area contributed by atoms with Crippen molar-refractivity contribution in [1.29, 1.82) is 0 Å². The van der Waals surface area contributed by atoms with Gasteiger partial charge in [-0.1, -0.05) is 59.4 Å². The molecule has 0 aliphatic carbocycles. The molecule has 0 saturated heterocycles. The highest BCUT2D eigenvalue weighted by molar-refractivity contribution is 6.03. The van der Waals surface area contributed by atoms with Gasteiger partial charge in [-0.2, -0.15) is 0 Å². The first-order valence-electron chi connectivity index (χ1n) is 14.2. The van der Waals surface area contributed by atoms with Gasteiger partial charge >= 0.3 is 23.9 Å². The van der Waals surface area contributed by atoms with Crippen molar-refractivity contribution in [2.24, 2.45) is 0 Å². The van der Waals surface area contributed by atoms with Crippen LogP contribution in [0.1, 0.15) is 137 Å². The smallest absolute Gasteiger partial charge is 0.336 e. The summed E-state index contributed by atoms with van der Waals surface area (Å²) in [4.78, 5) is 45.2. The average molecular weight is 537 g/mol. The van der Waals surface area contributed by atoms with Crippen molar-refractivity contribution in [3.8, 4) is 0 Å². The van der Waals surface area contributed by atoms with Crippen LogP contribution in [-0.4, -0.2) is 47.3 Å². The molecule has 0 heterocycles. The van der Waals surface area contributed by atoms with Gasteiger partial charge in [0.1, 0.15) is 0 Å². The van der Waals surface area contributed by atoms with E-state index < -0.39 is 11.9 Å². The van der Waals surface area contributed by atoms with Gasteiger partial charge in [-0.3, -0.25) is 9.59 Å². The van der Waals surface area contributed by atoms with Gasteiger partial charge in [0.05, 0.1) is 24.3 Å². The number of carbonyl (C=O) groups is 4. The van der Waals surface area contributed by atoms with E-state index in [0.717, 1.165) is 63.4 Å². The molecule has 0 saturated carbocycles. The van der Waals surface area contributed by atoms with E-state index in [2.05, 4.69) is 20.8 Å². The molecular formula is C30H48O8. The van der Waals surface area contributed by atoms with E-state index in [9.17, 15) is 24.3 Å². The fraction of sp³-hybridized carbons (Fsp3) is 0.667. The van der Waals surface area contributed by atoms with Crippen molar-refractivity contribution >= 4 is 23.9 Å². The summed E-state index contributed by atoms with van der Waals surface area (Å²) in [6, 6.07) is 3.20. The molecule has 8 heteroatoms. The molecule has 38 heavy (non-hydrogen) atoms. The van der Waals surface area contributed by atoms with Gasteiger partial charge in [-0.05, 0) is 68.6 Å². The summed E-state index contributed by atoms with van der Waals surface area (Å²) in [5, 5.41) is 18.5. The monoisotopic (exact) mass is 536 g/mol. The second-order valence-electron chi connectivity index (χ2n) is 9.30. The topological polar surface area (TPSA) is 127 Å². The highest BCUT2D eigenvalue weighted by Gasteiger charge is 2.22. The summed E-state index contributed by atoms with van der Waals surface area (Å²) in [5.41, 5.74) is 1.54. The Balaban J connectivity index is 0.000000726. The van der Waals surface area contributed by atoms with Crippen LogP contribution in [0.4, 0.5) is 0 Å². The molecule has 0 bridgehead atoms. The molecule has 2 N–H and O–H groups in total. The number of unbranched alkanes of at least 4 members (excludes halogenated alkanes) is 5. The van der Waals surface area contributed by atoms with Gasteiger partial charge in [0.2, 0.25) is 0 Å². The molecule has 0 atom stereocenters. The Labute approximate surface area is 228 Å². The van der Waals surface area contributed by atoms with E-state index >= 15 is 0 Å². The number of carboxylic acids is 2. The molecule has 1 rings (SSSR count). The van der Waals surface area contributed by atoms with Gasteiger partial charge in [-0.15, -0.1) is 0 Å². The van der Waals surface area contributed by atoms with Crippen molar-refractivity contribution in [2.45, 2.75) is 118 Å². The molecule has 1 aromatic rings. The van der Waals surface area contributed by atoms with Gasteiger partial charge in [0.25, 0.3) is 0 Å². The van der Waals surface area contributed by atoms with Crippen molar-refractivity contribution in [2.75, 3.05) is 13.2 Å². The molecule has 0 fully saturated rings.